The molecule has 0 fully saturated rings. The van der Waals surface area contributed by atoms with Gasteiger partial charge >= 0.3 is 0 Å². The quantitative estimate of drug-likeness (QED) is 0.585. The van der Waals surface area contributed by atoms with Gasteiger partial charge in [0.15, 0.2) is 11.2 Å². The second-order valence-electron chi connectivity index (χ2n) is 4.14. The zero-order valence-electron chi connectivity index (χ0n) is 11.6. The van der Waals surface area contributed by atoms with Crippen LogP contribution in [0.3, 0.4) is 0 Å². The standard InChI is InChI=1S/C13H18ClN3O2S/c1-4-15-13(20)17-16-12(18)9(3)19-11-6-5-10(14)7-8(11)2/h5-7,9H,4H2,1-3H3,(H,16,18)(H2,15,17,20)/t9-/m0/s1. The number of ether oxygens (including phenoxy) is 1. The van der Waals surface area contributed by atoms with Gasteiger partial charge < -0.3 is 10.1 Å². The first-order valence-corrected chi connectivity index (χ1v) is 6.99. The lowest BCUT2D eigenvalue weighted by atomic mass is 10.2. The van der Waals surface area contributed by atoms with Gasteiger partial charge in [-0.1, -0.05) is 11.6 Å². The molecule has 0 saturated heterocycles. The molecule has 0 saturated carbocycles. The van der Waals surface area contributed by atoms with Gasteiger partial charge in [-0.25, -0.2) is 0 Å². The highest BCUT2D eigenvalue weighted by molar-refractivity contribution is 7.80. The average molecular weight is 316 g/mol. The molecular formula is C13H18ClN3O2S. The minimum Gasteiger partial charge on any atom is -0.481 e. The van der Waals surface area contributed by atoms with E-state index in [4.69, 9.17) is 28.6 Å². The Morgan fingerprint density at radius 1 is 1.45 bits per heavy atom. The number of carbonyl (C=O) groups excluding carboxylic acids is 1. The Labute approximate surface area is 129 Å². The van der Waals surface area contributed by atoms with Crippen LogP contribution in [0.25, 0.3) is 0 Å². The lowest BCUT2D eigenvalue weighted by Gasteiger charge is -2.17. The van der Waals surface area contributed by atoms with Crippen molar-refractivity contribution in [2.24, 2.45) is 0 Å². The van der Waals surface area contributed by atoms with Crippen LogP contribution in [0.15, 0.2) is 18.2 Å². The lowest BCUT2D eigenvalue weighted by Crippen LogP contribution is -2.50. The smallest absolute Gasteiger partial charge is 0.279 e. The Morgan fingerprint density at radius 2 is 2.15 bits per heavy atom. The summed E-state index contributed by atoms with van der Waals surface area (Å²) >= 11 is 10.8. The van der Waals surface area contributed by atoms with Gasteiger partial charge in [0.1, 0.15) is 5.75 Å². The van der Waals surface area contributed by atoms with Crippen LogP contribution in [0, 0.1) is 6.92 Å². The zero-order chi connectivity index (χ0) is 15.1. The number of hydrogen-bond donors (Lipinski definition) is 3. The van der Waals surface area contributed by atoms with Crippen molar-refractivity contribution in [1.29, 1.82) is 0 Å². The lowest BCUT2D eigenvalue weighted by molar-refractivity contribution is -0.127. The largest absolute Gasteiger partial charge is 0.481 e. The minimum atomic E-state index is -0.660. The molecule has 1 aromatic carbocycles. The number of hydrogen-bond acceptors (Lipinski definition) is 3. The van der Waals surface area contributed by atoms with Gasteiger partial charge in [-0.2, -0.15) is 0 Å². The number of thiocarbonyl (C=S) groups is 1. The van der Waals surface area contributed by atoms with Gasteiger partial charge in [0.05, 0.1) is 0 Å². The molecular weight excluding hydrogens is 298 g/mol. The van der Waals surface area contributed by atoms with E-state index in [1.54, 1.807) is 25.1 Å². The van der Waals surface area contributed by atoms with Crippen LogP contribution >= 0.6 is 23.8 Å². The summed E-state index contributed by atoms with van der Waals surface area (Å²) in [4.78, 5) is 11.8. The second-order valence-corrected chi connectivity index (χ2v) is 4.99. The summed E-state index contributed by atoms with van der Waals surface area (Å²) in [5.41, 5.74) is 5.94. The van der Waals surface area contributed by atoms with Crippen molar-refractivity contribution in [3.8, 4) is 5.75 Å². The molecule has 0 aliphatic heterocycles. The van der Waals surface area contributed by atoms with E-state index in [2.05, 4.69) is 16.2 Å². The molecule has 0 spiro atoms. The van der Waals surface area contributed by atoms with Crippen LogP contribution in [-0.4, -0.2) is 23.7 Å². The van der Waals surface area contributed by atoms with E-state index in [9.17, 15) is 4.79 Å². The molecule has 1 atom stereocenters. The highest BCUT2D eigenvalue weighted by Crippen LogP contribution is 2.22. The fourth-order valence-corrected chi connectivity index (χ4v) is 1.84. The van der Waals surface area contributed by atoms with Gasteiger partial charge in [0, 0.05) is 11.6 Å². The van der Waals surface area contributed by atoms with E-state index >= 15 is 0 Å². The topological polar surface area (TPSA) is 62.4 Å². The molecule has 0 unspecified atom stereocenters. The van der Waals surface area contributed by atoms with E-state index < -0.39 is 6.10 Å². The molecule has 5 nitrogen and oxygen atoms in total. The molecule has 110 valence electrons. The summed E-state index contributed by atoms with van der Waals surface area (Å²) in [5, 5.41) is 3.84. The molecule has 0 bridgehead atoms. The Hall–Kier alpha value is -1.53. The van der Waals surface area contributed by atoms with Gasteiger partial charge in [-0.05, 0) is 56.8 Å². The molecule has 7 heteroatoms. The second kappa shape index (κ2) is 7.91. The fourth-order valence-electron chi connectivity index (χ4n) is 1.41. The van der Waals surface area contributed by atoms with E-state index in [0.29, 0.717) is 22.4 Å². The van der Waals surface area contributed by atoms with Crippen LogP contribution in [0.5, 0.6) is 5.75 Å². The van der Waals surface area contributed by atoms with Crippen LogP contribution in [-0.2, 0) is 4.79 Å². The first-order chi connectivity index (χ1) is 9.43. The van der Waals surface area contributed by atoms with Crippen LogP contribution < -0.4 is 20.9 Å². The Bertz CT molecular complexity index is 497. The number of hydrazine groups is 1. The predicted octanol–water partition coefficient (Wildman–Crippen LogP) is 1.93. The molecule has 0 radical (unpaired) electrons. The van der Waals surface area contributed by atoms with Crippen molar-refractivity contribution in [1.82, 2.24) is 16.2 Å². The van der Waals surface area contributed by atoms with E-state index in [1.807, 2.05) is 13.8 Å². The first-order valence-electron chi connectivity index (χ1n) is 6.20. The van der Waals surface area contributed by atoms with Crippen molar-refractivity contribution in [3.63, 3.8) is 0 Å². The summed E-state index contributed by atoms with van der Waals surface area (Å²) in [5.74, 6) is 0.297. The fraction of sp³-hybridized carbons (Fsp3) is 0.385. The molecule has 0 aliphatic carbocycles. The van der Waals surface area contributed by atoms with E-state index in [-0.39, 0.29) is 5.91 Å². The summed E-state index contributed by atoms with van der Waals surface area (Å²) in [7, 11) is 0. The third-order valence-electron chi connectivity index (χ3n) is 2.45. The third kappa shape index (κ3) is 5.22. The summed E-state index contributed by atoms with van der Waals surface area (Å²) in [6.07, 6.45) is -0.660. The Morgan fingerprint density at radius 3 is 2.75 bits per heavy atom. The number of rotatable bonds is 4. The Kier molecular flexibility index (Phi) is 6.54. The molecule has 1 rings (SSSR count). The van der Waals surface area contributed by atoms with Crippen molar-refractivity contribution >= 4 is 34.8 Å². The molecule has 3 N–H and O–H groups in total. The number of amides is 1. The molecule has 1 aromatic rings. The molecule has 0 aliphatic rings. The van der Waals surface area contributed by atoms with Crippen LogP contribution in [0.4, 0.5) is 0 Å². The predicted molar refractivity (Wildman–Crippen MR) is 83.8 cm³/mol. The zero-order valence-corrected chi connectivity index (χ0v) is 13.2. The maximum Gasteiger partial charge on any atom is 0.279 e. The van der Waals surface area contributed by atoms with Crippen molar-refractivity contribution in [3.05, 3.63) is 28.8 Å². The SMILES string of the molecule is CCNC(=S)NNC(=O)[C@H](C)Oc1ccc(Cl)cc1C. The van der Waals surface area contributed by atoms with Gasteiger partial charge in [-0.3, -0.25) is 15.6 Å². The highest BCUT2D eigenvalue weighted by Gasteiger charge is 2.15. The minimum absolute atomic E-state index is 0.320. The third-order valence-corrected chi connectivity index (χ3v) is 2.93. The number of benzene rings is 1. The normalized spacial score (nSPS) is 11.4. The van der Waals surface area contributed by atoms with Crippen LogP contribution in [0.1, 0.15) is 19.4 Å². The van der Waals surface area contributed by atoms with E-state index in [1.165, 1.54) is 0 Å². The number of aryl methyl sites for hydroxylation is 1. The molecule has 20 heavy (non-hydrogen) atoms. The average Bonchev–Trinajstić information content (AvgIpc) is 2.39. The number of nitrogens with one attached hydrogen (secondary N) is 3. The highest BCUT2D eigenvalue weighted by atomic mass is 35.5. The Balaban J connectivity index is 2.51. The monoisotopic (exact) mass is 315 g/mol. The van der Waals surface area contributed by atoms with Gasteiger partial charge in [-0.15, -0.1) is 0 Å². The molecule has 0 heterocycles. The van der Waals surface area contributed by atoms with Crippen molar-refractivity contribution in [2.45, 2.75) is 26.9 Å². The summed E-state index contributed by atoms with van der Waals surface area (Å²) in [6.45, 7) is 6.11. The number of halogens is 1. The van der Waals surface area contributed by atoms with Gasteiger partial charge in [0.25, 0.3) is 5.91 Å². The van der Waals surface area contributed by atoms with E-state index in [0.717, 1.165) is 5.56 Å². The summed E-state index contributed by atoms with van der Waals surface area (Å²) < 4.78 is 5.58. The maximum absolute atomic E-state index is 11.8. The number of carbonyl (C=O) groups is 1. The van der Waals surface area contributed by atoms with Gasteiger partial charge in [0.2, 0.25) is 0 Å². The summed E-state index contributed by atoms with van der Waals surface area (Å²) in [6, 6.07) is 5.23. The van der Waals surface area contributed by atoms with Crippen molar-refractivity contribution < 1.29 is 9.53 Å². The first kappa shape index (κ1) is 16.5. The molecule has 0 aromatic heterocycles. The van der Waals surface area contributed by atoms with Crippen molar-refractivity contribution in [2.75, 3.05) is 6.54 Å². The molecule has 1 amide bonds. The maximum atomic E-state index is 11.8. The van der Waals surface area contributed by atoms with Crippen LogP contribution in [0.2, 0.25) is 5.02 Å².